The number of allylic oxidation sites excluding steroid dienone is 3. The Morgan fingerprint density at radius 2 is 1.69 bits per heavy atom. The van der Waals surface area contributed by atoms with Gasteiger partial charge in [-0.1, -0.05) is 69.3 Å². The maximum absolute atomic E-state index is 13.5. The first-order valence-corrected chi connectivity index (χ1v) is 22.2. The standard InChI is InChI=1S/C47H74N2O13/c1-28(2)23-37(52)60-45-32(6)58-39(26-47(45,7)55)61-42-31(5)59-46(41(54)40(42)49(8)9)62-43-34(21-22-48-27-33-18-14-12-15-19-33)24-29(3)35(50)20-16-11-13-17-30(4)57-38(53)25-36(51)44(43)56-10/h11-16,18-20,28-32,34,36,39-46,48,51,54-55H,17,21-27H2,1-10H3/t29-,30-,31-,32?,34+,36-,39?,40-,41-,42-,43+,44+,45?,46+,47?/m1/s1. The number of likely N-dealkylation sites (N-methyl/N-ethyl adjacent to an activating group) is 1. The van der Waals surface area contributed by atoms with E-state index in [0.717, 1.165) is 5.56 Å². The molecular formula is C47H74N2O13. The maximum Gasteiger partial charge on any atom is 0.308 e. The van der Waals surface area contributed by atoms with Gasteiger partial charge in [-0.2, -0.15) is 0 Å². The molecule has 15 atom stereocenters. The Morgan fingerprint density at radius 1 is 0.984 bits per heavy atom. The second kappa shape index (κ2) is 24.3. The van der Waals surface area contributed by atoms with Crippen molar-refractivity contribution in [1.82, 2.24) is 10.2 Å². The van der Waals surface area contributed by atoms with E-state index in [1.54, 1.807) is 58.8 Å². The fourth-order valence-corrected chi connectivity index (χ4v) is 8.72. The maximum atomic E-state index is 13.5. The molecule has 3 aliphatic rings. The van der Waals surface area contributed by atoms with Gasteiger partial charge in [0, 0.05) is 38.8 Å². The van der Waals surface area contributed by atoms with E-state index in [4.69, 9.17) is 33.2 Å². The van der Waals surface area contributed by atoms with Crippen LogP contribution in [0.15, 0.2) is 54.6 Å². The summed E-state index contributed by atoms with van der Waals surface area (Å²) in [6, 6.07) is 9.21. The fraction of sp³-hybridized carbons (Fsp3) is 0.723. The third kappa shape index (κ3) is 15.0. The van der Waals surface area contributed by atoms with Crippen LogP contribution >= 0.6 is 0 Å². The van der Waals surface area contributed by atoms with Crippen LogP contribution in [0.25, 0.3) is 0 Å². The molecule has 350 valence electrons. The zero-order valence-corrected chi connectivity index (χ0v) is 38.4. The Kier molecular flexibility index (Phi) is 20.2. The van der Waals surface area contributed by atoms with E-state index in [1.165, 1.54) is 13.2 Å². The number of aliphatic hydroxyl groups excluding tert-OH is 2. The second-order valence-corrected chi connectivity index (χ2v) is 18.2. The van der Waals surface area contributed by atoms with Gasteiger partial charge >= 0.3 is 11.9 Å². The van der Waals surface area contributed by atoms with Crippen molar-refractivity contribution in [3.63, 3.8) is 0 Å². The summed E-state index contributed by atoms with van der Waals surface area (Å²) < 4.78 is 43.3. The van der Waals surface area contributed by atoms with Gasteiger partial charge in [0.2, 0.25) is 0 Å². The van der Waals surface area contributed by atoms with Crippen LogP contribution in [-0.4, -0.2) is 145 Å². The van der Waals surface area contributed by atoms with Crippen LogP contribution in [0.4, 0.5) is 0 Å². The summed E-state index contributed by atoms with van der Waals surface area (Å²) in [7, 11) is 5.01. The van der Waals surface area contributed by atoms with E-state index < -0.39 is 103 Å². The number of hydrogen-bond acceptors (Lipinski definition) is 15. The summed E-state index contributed by atoms with van der Waals surface area (Å²) in [5.74, 6) is -1.96. The highest BCUT2D eigenvalue weighted by Crippen LogP contribution is 2.37. The summed E-state index contributed by atoms with van der Waals surface area (Å²) in [5, 5.41) is 38.9. The third-order valence-electron chi connectivity index (χ3n) is 11.9. The molecule has 4 rings (SSSR count). The molecule has 4 N–H and O–H groups in total. The largest absolute Gasteiger partial charge is 0.462 e. The van der Waals surface area contributed by atoms with Gasteiger partial charge < -0.3 is 58.7 Å². The number of aliphatic hydroxyl groups is 3. The van der Waals surface area contributed by atoms with Gasteiger partial charge in [-0.3, -0.25) is 14.4 Å². The molecule has 0 radical (unpaired) electrons. The molecule has 3 heterocycles. The molecule has 0 bridgehead atoms. The molecule has 0 aliphatic carbocycles. The first kappa shape index (κ1) is 51.5. The summed E-state index contributed by atoms with van der Waals surface area (Å²) >= 11 is 0. The molecule has 0 amide bonds. The van der Waals surface area contributed by atoms with Gasteiger partial charge in [-0.15, -0.1) is 0 Å². The van der Waals surface area contributed by atoms with Crippen molar-refractivity contribution in [2.45, 2.75) is 173 Å². The third-order valence-corrected chi connectivity index (χ3v) is 11.9. The Morgan fingerprint density at radius 3 is 2.34 bits per heavy atom. The van der Waals surface area contributed by atoms with Gasteiger partial charge in [0.25, 0.3) is 0 Å². The predicted molar refractivity (Wildman–Crippen MR) is 231 cm³/mol. The number of hydrogen-bond donors (Lipinski definition) is 4. The number of nitrogens with zero attached hydrogens (tertiary/aromatic N) is 1. The van der Waals surface area contributed by atoms with E-state index >= 15 is 0 Å². The fourth-order valence-electron chi connectivity index (χ4n) is 8.72. The number of nitrogens with one attached hydrogen (secondary N) is 1. The number of ketones is 1. The van der Waals surface area contributed by atoms with Crippen LogP contribution in [0.1, 0.15) is 92.6 Å². The van der Waals surface area contributed by atoms with Crippen LogP contribution < -0.4 is 5.32 Å². The molecule has 1 aromatic carbocycles. The Bertz CT molecular complexity index is 1600. The molecule has 2 saturated heterocycles. The predicted octanol–water partition coefficient (Wildman–Crippen LogP) is 4.24. The zero-order chi connectivity index (χ0) is 45.7. The molecule has 0 spiro atoms. The van der Waals surface area contributed by atoms with Crippen molar-refractivity contribution in [3.8, 4) is 0 Å². The number of cyclic esters (lactones) is 1. The molecule has 4 unspecified atom stereocenters. The van der Waals surface area contributed by atoms with Gasteiger partial charge in [-0.25, -0.2) is 0 Å². The van der Waals surface area contributed by atoms with E-state index in [9.17, 15) is 29.7 Å². The van der Waals surface area contributed by atoms with E-state index in [1.807, 2.05) is 57.2 Å². The summed E-state index contributed by atoms with van der Waals surface area (Å²) in [4.78, 5) is 41.0. The first-order chi connectivity index (χ1) is 29.3. The normalized spacial score (nSPS) is 36.8. The molecule has 2 fully saturated rings. The Hall–Kier alpha value is -3.09. The Balaban J connectivity index is 1.63. The highest BCUT2D eigenvalue weighted by molar-refractivity contribution is 5.91. The van der Waals surface area contributed by atoms with Gasteiger partial charge in [0.05, 0.1) is 36.9 Å². The molecule has 0 saturated carbocycles. The highest BCUT2D eigenvalue weighted by atomic mass is 16.7. The number of esters is 2. The minimum absolute atomic E-state index is 0.0184. The quantitative estimate of drug-likeness (QED) is 0.153. The average Bonchev–Trinajstić information content (AvgIpc) is 3.18. The SMILES string of the molecule is CO[C@@H]1[C@@H](O[C@@H]2O[C@H](C)[C@@H](OC3CC(C)(O)C(OC(=O)CC(C)C)C(C)O3)[C@H](N(C)C)[C@H]2O)[C@@H](CCNCc2ccccc2)C[C@@H](C)C(=O)C=CC=CC[C@@H](C)OC(=O)C[C@H]1O. The van der Waals surface area contributed by atoms with Crippen molar-refractivity contribution < 1.29 is 62.9 Å². The lowest BCUT2D eigenvalue weighted by molar-refractivity contribution is -0.344. The van der Waals surface area contributed by atoms with Crippen LogP contribution in [0.3, 0.4) is 0 Å². The lowest BCUT2D eigenvalue weighted by Crippen LogP contribution is -2.66. The molecular weight excluding hydrogens is 801 g/mol. The number of methoxy groups -OCH3 is 1. The molecule has 3 aliphatic heterocycles. The number of rotatable bonds is 14. The van der Waals surface area contributed by atoms with Crippen LogP contribution in [0.5, 0.6) is 0 Å². The molecule has 0 aromatic heterocycles. The second-order valence-electron chi connectivity index (χ2n) is 18.2. The minimum Gasteiger partial charge on any atom is -0.462 e. The summed E-state index contributed by atoms with van der Waals surface area (Å²) in [5.41, 5.74) is -0.384. The number of carbonyl (C=O) groups excluding carboxylic acids is 3. The van der Waals surface area contributed by atoms with Crippen molar-refractivity contribution in [2.75, 3.05) is 27.7 Å². The zero-order valence-electron chi connectivity index (χ0n) is 38.4. The molecule has 15 heteroatoms. The van der Waals surface area contributed by atoms with Crippen molar-refractivity contribution in [1.29, 1.82) is 0 Å². The minimum atomic E-state index is -1.48. The topological polar surface area (TPSA) is 192 Å². The lowest BCUT2D eigenvalue weighted by atomic mass is 9.82. The van der Waals surface area contributed by atoms with Gasteiger partial charge in [-0.05, 0) is 84.7 Å². The molecule has 15 nitrogen and oxygen atoms in total. The summed E-state index contributed by atoms with van der Waals surface area (Å²) in [6.45, 7) is 13.6. The van der Waals surface area contributed by atoms with Crippen LogP contribution in [-0.2, 0) is 54.1 Å². The Labute approximate surface area is 368 Å². The van der Waals surface area contributed by atoms with Crippen molar-refractivity contribution in [3.05, 3.63) is 60.2 Å². The van der Waals surface area contributed by atoms with Crippen molar-refractivity contribution in [2.24, 2.45) is 17.8 Å². The average molecular weight is 875 g/mol. The number of carbonyl (C=O) groups is 3. The van der Waals surface area contributed by atoms with Gasteiger partial charge in [0.1, 0.15) is 30.0 Å². The van der Waals surface area contributed by atoms with Crippen LogP contribution in [0.2, 0.25) is 0 Å². The molecule has 62 heavy (non-hydrogen) atoms. The lowest BCUT2D eigenvalue weighted by Gasteiger charge is -2.50. The molecule has 1 aromatic rings. The van der Waals surface area contributed by atoms with Crippen LogP contribution in [0, 0.1) is 17.8 Å². The van der Waals surface area contributed by atoms with E-state index in [-0.39, 0.29) is 31.0 Å². The summed E-state index contributed by atoms with van der Waals surface area (Å²) in [6.07, 6.45) is -2.85. The highest BCUT2D eigenvalue weighted by Gasteiger charge is 2.52. The van der Waals surface area contributed by atoms with E-state index in [2.05, 4.69) is 5.32 Å². The van der Waals surface area contributed by atoms with E-state index in [0.29, 0.717) is 32.4 Å². The van der Waals surface area contributed by atoms with Gasteiger partial charge in [0.15, 0.2) is 24.5 Å². The monoisotopic (exact) mass is 875 g/mol. The number of benzene rings is 1. The van der Waals surface area contributed by atoms with Crippen molar-refractivity contribution >= 4 is 17.7 Å². The number of ether oxygens (including phenoxy) is 7. The smallest absolute Gasteiger partial charge is 0.308 e. The first-order valence-electron chi connectivity index (χ1n) is 22.2.